The van der Waals surface area contributed by atoms with E-state index in [0.29, 0.717) is 23.9 Å². The third-order valence-corrected chi connectivity index (χ3v) is 8.95. The molecule has 0 unspecified atom stereocenters. The molecule has 3 aliphatic heterocycles. The number of thioether (sulfide) groups is 1. The van der Waals surface area contributed by atoms with Crippen LogP contribution in [0.1, 0.15) is 61.2 Å². The van der Waals surface area contributed by atoms with Crippen molar-refractivity contribution in [2.45, 2.75) is 57.3 Å². The summed E-state index contributed by atoms with van der Waals surface area (Å²) in [5.74, 6) is 1.88. The molecular weight excluding hydrogens is 540 g/mol. The largest absolute Gasteiger partial charge is 0.454 e. The first-order valence-corrected chi connectivity index (χ1v) is 15.1. The van der Waals surface area contributed by atoms with E-state index in [9.17, 15) is 9.59 Å². The molecule has 1 saturated heterocycles. The van der Waals surface area contributed by atoms with Gasteiger partial charge in [0.25, 0.3) is 0 Å². The summed E-state index contributed by atoms with van der Waals surface area (Å²) >= 11 is 1.55. The zero-order chi connectivity index (χ0) is 28.7. The van der Waals surface area contributed by atoms with Crippen molar-refractivity contribution in [3.05, 3.63) is 64.8 Å². The molecule has 1 N–H and O–H groups in total. The van der Waals surface area contributed by atoms with E-state index in [-0.39, 0.29) is 47.7 Å². The monoisotopic (exact) mass is 576 g/mol. The van der Waals surface area contributed by atoms with E-state index in [4.69, 9.17) is 19.3 Å². The lowest BCUT2D eigenvalue weighted by Crippen LogP contribution is -2.44. The predicted octanol–water partition coefficient (Wildman–Crippen LogP) is 4.67. The maximum absolute atomic E-state index is 13.9. The van der Waals surface area contributed by atoms with Crippen molar-refractivity contribution in [3.63, 3.8) is 0 Å². The molecular formula is C31H36N4O5S. The summed E-state index contributed by atoms with van der Waals surface area (Å²) < 4.78 is 18.8. The number of anilines is 1. The number of fused-ring (bicyclic) bond motifs is 2. The van der Waals surface area contributed by atoms with E-state index in [1.807, 2.05) is 54.1 Å². The molecule has 1 fully saturated rings. The average molecular weight is 577 g/mol. The van der Waals surface area contributed by atoms with Gasteiger partial charge >= 0.3 is 0 Å². The lowest BCUT2D eigenvalue weighted by Gasteiger charge is -2.25. The molecule has 0 radical (unpaired) electrons. The van der Waals surface area contributed by atoms with Crippen LogP contribution in [0.5, 0.6) is 11.5 Å². The second-order valence-corrected chi connectivity index (χ2v) is 12.9. The highest BCUT2D eigenvalue weighted by molar-refractivity contribution is 8.00. The molecule has 2 amide bonds. The second-order valence-electron chi connectivity index (χ2n) is 11.8. The fourth-order valence-corrected chi connectivity index (χ4v) is 6.80. The molecule has 216 valence electrons. The molecule has 0 spiro atoms. The zero-order valence-corrected chi connectivity index (χ0v) is 24.8. The van der Waals surface area contributed by atoms with E-state index in [2.05, 4.69) is 26.1 Å². The number of hydrogen-bond acceptors (Lipinski definition) is 7. The highest BCUT2D eigenvalue weighted by atomic mass is 32.2. The van der Waals surface area contributed by atoms with Crippen LogP contribution >= 0.6 is 11.8 Å². The topological polar surface area (TPSA) is 94.9 Å². The summed E-state index contributed by atoms with van der Waals surface area (Å²) in [5, 5.41) is 7.97. The number of amides is 2. The molecule has 0 saturated carbocycles. The number of carbonyl (C=O) groups is 2. The molecule has 0 aliphatic carbocycles. The molecule has 4 heterocycles. The quantitative estimate of drug-likeness (QED) is 0.456. The van der Waals surface area contributed by atoms with Crippen LogP contribution in [0.2, 0.25) is 0 Å². The van der Waals surface area contributed by atoms with Crippen LogP contribution in [0.4, 0.5) is 5.82 Å². The zero-order valence-electron chi connectivity index (χ0n) is 23.9. The molecule has 10 heteroatoms. The van der Waals surface area contributed by atoms with Crippen LogP contribution in [0, 0.1) is 6.92 Å². The Balaban J connectivity index is 1.49. The molecule has 3 aliphatic rings. The van der Waals surface area contributed by atoms with Crippen LogP contribution in [0.15, 0.2) is 42.5 Å². The number of para-hydroxylation sites is 1. The number of rotatable bonds is 6. The lowest BCUT2D eigenvalue weighted by molar-refractivity contribution is -0.123. The van der Waals surface area contributed by atoms with Crippen molar-refractivity contribution in [1.29, 1.82) is 0 Å². The van der Waals surface area contributed by atoms with Crippen molar-refractivity contribution in [3.8, 4) is 17.2 Å². The third-order valence-electron chi connectivity index (χ3n) is 7.70. The number of nitrogens with one attached hydrogen (secondary N) is 1. The van der Waals surface area contributed by atoms with Crippen molar-refractivity contribution in [2.75, 3.05) is 37.1 Å². The van der Waals surface area contributed by atoms with Gasteiger partial charge in [-0.25, -0.2) is 4.68 Å². The third kappa shape index (κ3) is 5.42. The summed E-state index contributed by atoms with van der Waals surface area (Å²) in [7, 11) is 0. The van der Waals surface area contributed by atoms with Gasteiger partial charge < -0.3 is 19.5 Å². The molecule has 9 nitrogen and oxygen atoms in total. The van der Waals surface area contributed by atoms with Crippen molar-refractivity contribution >= 4 is 29.4 Å². The Hall–Kier alpha value is -3.50. The van der Waals surface area contributed by atoms with Gasteiger partial charge in [0.1, 0.15) is 12.4 Å². The van der Waals surface area contributed by atoms with Crippen molar-refractivity contribution in [1.82, 2.24) is 15.1 Å². The number of carbonyl (C=O) groups excluding carboxylic acids is 2. The molecule has 1 aromatic heterocycles. The van der Waals surface area contributed by atoms with Gasteiger partial charge in [-0.3, -0.25) is 14.5 Å². The number of benzene rings is 2. The normalized spacial score (nSPS) is 20.2. The lowest BCUT2D eigenvalue weighted by atomic mass is 9.87. The molecule has 41 heavy (non-hydrogen) atoms. The first-order chi connectivity index (χ1) is 19.7. The maximum Gasteiger partial charge on any atom is 0.240 e. The molecule has 2 aromatic carbocycles. The van der Waals surface area contributed by atoms with Crippen molar-refractivity contribution < 1.29 is 23.8 Å². The van der Waals surface area contributed by atoms with Crippen LogP contribution in [0.25, 0.3) is 5.69 Å². The first-order valence-electron chi connectivity index (χ1n) is 14.1. The first kappa shape index (κ1) is 27.7. The highest BCUT2D eigenvalue weighted by Gasteiger charge is 2.40. The Bertz CT molecular complexity index is 1470. The fraction of sp³-hybridized carbons (Fsp3) is 0.452. The van der Waals surface area contributed by atoms with E-state index < -0.39 is 0 Å². The maximum atomic E-state index is 13.9. The van der Waals surface area contributed by atoms with E-state index >= 15 is 0 Å². The smallest absolute Gasteiger partial charge is 0.240 e. The number of aromatic nitrogens is 2. The van der Waals surface area contributed by atoms with Gasteiger partial charge in [0, 0.05) is 24.1 Å². The standard InChI is InChI=1S/C31H36N4O5S/c1-19-8-5-6-10-22(19)35-30-27(29(33-35)31(2,3)4)28(20-11-12-23-24(14-20)40-18-39-23)41-17-26(37)34(30)16-25(36)32-15-21-9-7-13-38-21/h5-6,8,10-12,14,21,28H,7,9,13,15-18H2,1-4H3,(H,32,36)/t21-,28+/m1/s1. The van der Waals surface area contributed by atoms with Gasteiger partial charge in [0.15, 0.2) is 11.5 Å². The Labute approximate surface area is 244 Å². The summed E-state index contributed by atoms with van der Waals surface area (Å²) in [6.07, 6.45) is 1.94. The van der Waals surface area contributed by atoms with Gasteiger partial charge in [-0.05, 0) is 49.1 Å². The Morgan fingerprint density at radius 3 is 2.71 bits per heavy atom. The second kappa shape index (κ2) is 11.1. The van der Waals surface area contributed by atoms with Gasteiger partial charge in [-0.1, -0.05) is 45.0 Å². The van der Waals surface area contributed by atoms with Gasteiger partial charge in [-0.2, -0.15) is 5.10 Å². The number of aryl methyl sites for hydroxylation is 1. The Kier molecular flexibility index (Phi) is 7.46. The van der Waals surface area contributed by atoms with E-state index in [1.165, 1.54) is 0 Å². The van der Waals surface area contributed by atoms with Crippen LogP contribution < -0.4 is 19.7 Å². The average Bonchev–Trinajstić information content (AvgIpc) is 3.69. The number of nitrogens with zero attached hydrogens (tertiary/aromatic N) is 3. The SMILES string of the molecule is Cc1ccccc1-n1nc(C(C)(C)C)c2c1N(CC(=O)NC[C@H]1CCCO1)C(=O)CS[C@H]2c1ccc2c(c1)OCO2. The minimum atomic E-state index is -0.339. The minimum absolute atomic E-state index is 0.0188. The minimum Gasteiger partial charge on any atom is -0.454 e. The molecule has 3 aromatic rings. The van der Waals surface area contributed by atoms with E-state index in [1.54, 1.807) is 16.7 Å². The van der Waals surface area contributed by atoms with Crippen LogP contribution in [-0.4, -0.2) is 59.9 Å². The van der Waals surface area contributed by atoms with Gasteiger partial charge in [-0.15, -0.1) is 11.8 Å². The number of hydrogen-bond donors (Lipinski definition) is 1. The Morgan fingerprint density at radius 2 is 1.95 bits per heavy atom. The molecule has 0 bridgehead atoms. The number of ether oxygens (including phenoxy) is 3. The Morgan fingerprint density at radius 1 is 1.15 bits per heavy atom. The van der Waals surface area contributed by atoms with Crippen LogP contribution in [0.3, 0.4) is 0 Å². The summed E-state index contributed by atoms with van der Waals surface area (Å²) in [6, 6.07) is 13.9. The summed E-state index contributed by atoms with van der Waals surface area (Å²) in [6.45, 7) is 9.66. The van der Waals surface area contributed by atoms with Gasteiger partial charge in [0.05, 0.1) is 28.5 Å². The van der Waals surface area contributed by atoms with Crippen LogP contribution in [-0.2, 0) is 19.7 Å². The van der Waals surface area contributed by atoms with Crippen molar-refractivity contribution in [2.24, 2.45) is 0 Å². The summed E-state index contributed by atoms with van der Waals surface area (Å²) in [5.41, 5.74) is 4.35. The fourth-order valence-electron chi connectivity index (χ4n) is 5.61. The summed E-state index contributed by atoms with van der Waals surface area (Å²) in [4.78, 5) is 28.8. The molecule has 6 rings (SSSR count). The predicted molar refractivity (Wildman–Crippen MR) is 158 cm³/mol. The van der Waals surface area contributed by atoms with E-state index in [0.717, 1.165) is 47.5 Å². The highest BCUT2D eigenvalue weighted by Crippen LogP contribution is 2.50. The molecule has 2 atom stereocenters. The van der Waals surface area contributed by atoms with Gasteiger partial charge in [0.2, 0.25) is 18.6 Å².